The van der Waals surface area contributed by atoms with Gasteiger partial charge < -0.3 is 10.1 Å². The molecule has 0 bridgehead atoms. The van der Waals surface area contributed by atoms with Gasteiger partial charge in [-0.1, -0.05) is 60.3 Å². The van der Waals surface area contributed by atoms with Gasteiger partial charge in [-0.15, -0.1) is 11.3 Å². The minimum absolute atomic E-state index is 0.631. The van der Waals surface area contributed by atoms with Crippen molar-refractivity contribution in [1.29, 1.82) is 0 Å². The van der Waals surface area contributed by atoms with Crippen LogP contribution in [0.15, 0.2) is 113 Å². The van der Waals surface area contributed by atoms with Crippen LogP contribution in [0.3, 0.4) is 0 Å². The average Bonchev–Trinajstić information content (AvgIpc) is 3.34. The molecule has 2 aromatic carbocycles. The fourth-order valence-corrected chi connectivity index (χ4v) is 4.85. The average molecular weight is 483 g/mol. The van der Waals surface area contributed by atoms with E-state index in [4.69, 9.17) is 9.72 Å². The lowest BCUT2D eigenvalue weighted by Gasteiger charge is -2.12. The van der Waals surface area contributed by atoms with E-state index in [-0.39, 0.29) is 0 Å². The molecule has 0 amide bonds. The number of aryl methyl sites for hydroxylation is 2. The summed E-state index contributed by atoms with van der Waals surface area (Å²) in [6.45, 7) is 0. The van der Waals surface area contributed by atoms with Gasteiger partial charge in [0.15, 0.2) is 16.7 Å². The highest BCUT2D eigenvalue weighted by Crippen LogP contribution is 2.36. The molecule has 34 heavy (non-hydrogen) atoms. The van der Waals surface area contributed by atoms with Crippen LogP contribution < -0.4 is 10.1 Å². The van der Waals surface area contributed by atoms with Gasteiger partial charge >= 0.3 is 0 Å². The van der Waals surface area contributed by atoms with Crippen LogP contribution in [-0.2, 0) is 12.8 Å². The molecular weight excluding hydrogens is 460 g/mol. The highest BCUT2D eigenvalue weighted by atomic mass is 32.2. The van der Waals surface area contributed by atoms with E-state index >= 15 is 0 Å². The molecule has 0 unspecified atom stereocenters. The quantitative estimate of drug-likeness (QED) is 0.236. The molecule has 0 radical (unpaired) electrons. The zero-order chi connectivity index (χ0) is 23.0. The number of para-hydroxylation sites is 1. The minimum atomic E-state index is 0.631. The van der Waals surface area contributed by atoms with E-state index in [0.717, 1.165) is 39.2 Å². The smallest absolute Gasteiger partial charge is 0.188 e. The predicted molar refractivity (Wildman–Crippen MR) is 138 cm³/mol. The number of thiazole rings is 1. The van der Waals surface area contributed by atoms with Crippen molar-refractivity contribution in [3.05, 3.63) is 114 Å². The topological polar surface area (TPSA) is 59.9 Å². The third-order valence-electron chi connectivity index (χ3n) is 4.97. The summed E-state index contributed by atoms with van der Waals surface area (Å²) < 4.78 is 6.20. The lowest BCUT2D eigenvalue weighted by molar-refractivity contribution is 0.481. The molecule has 5 rings (SSSR count). The molecule has 0 atom stereocenters. The summed E-state index contributed by atoms with van der Waals surface area (Å²) in [5, 5.41) is 6.24. The monoisotopic (exact) mass is 482 g/mol. The van der Waals surface area contributed by atoms with Crippen molar-refractivity contribution in [2.75, 3.05) is 5.32 Å². The molecule has 0 spiro atoms. The number of benzene rings is 2. The number of anilines is 2. The van der Waals surface area contributed by atoms with Gasteiger partial charge in [0.2, 0.25) is 0 Å². The van der Waals surface area contributed by atoms with Gasteiger partial charge in [0.05, 0.1) is 5.69 Å². The molecule has 3 aromatic heterocycles. The van der Waals surface area contributed by atoms with Gasteiger partial charge in [0.1, 0.15) is 5.75 Å². The third kappa shape index (κ3) is 6.01. The number of hydrogen-bond donors (Lipinski definition) is 1. The second-order valence-corrected chi connectivity index (χ2v) is 9.48. The predicted octanol–water partition coefficient (Wildman–Crippen LogP) is 7.41. The Kier molecular flexibility index (Phi) is 7.13. The number of ether oxygens (including phenoxy) is 1. The van der Waals surface area contributed by atoms with Gasteiger partial charge in [0.25, 0.3) is 0 Å². The van der Waals surface area contributed by atoms with Crippen molar-refractivity contribution in [3.63, 3.8) is 0 Å². The van der Waals surface area contributed by atoms with Crippen LogP contribution in [0.1, 0.15) is 11.3 Å². The molecule has 5 aromatic rings. The maximum Gasteiger partial charge on any atom is 0.188 e. The van der Waals surface area contributed by atoms with E-state index in [0.29, 0.717) is 11.6 Å². The third-order valence-corrected chi connectivity index (χ3v) is 6.75. The lowest BCUT2D eigenvalue weighted by atomic mass is 10.1. The Morgan fingerprint density at radius 3 is 2.41 bits per heavy atom. The zero-order valence-electron chi connectivity index (χ0n) is 18.3. The number of hydrogen-bond acceptors (Lipinski definition) is 7. The zero-order valence-corrected chi connectivity index (χ0v) is 19.9. The summed E-state index contributed by atoms with van der Waals surface area (Å²) in [5.74, 6) is 2.03. The summed E-state index contributed by atoms with van der Waals surface area (Å²) in [7, 11) is 0. The van der Waals surface area contributed by atoms with Gasteiger partial charge in [-0.05, 0) is 42.7 Å². The molecule has 0 aliphatic rings. The standard InChI is InChI=1S/C27H22N4OS2/c1-3-7-20(8-4-1)11-12-21-19-33-27(30-21)31-26-25(32-22-9-5-2-6-10-22)17-24(18-29-26)34-23-13-15-28-16-14-23/h1-10,13-19H,11-12H2,(H,29,30,31). The summed E-state index contributed by atoms with van der Waals surface area (Å²) in [6, 6.07) is 26.1. The van der Waals surface area contributed by atoms with Crippen LogP contribution in [0.5, 0.6) is 11.5 Å². The summed E-state index contributed by atoms with van der Waals surface area (Å²) in [4.78, 5) is 15.6. The van der Waals surface area contributed by atoms with Crippen LogP contribution >= 0.6 is 23.1 Å². The van der Waals surface area contributed by atoms with Crippen LogP contribution in [-0.4, -0.2) is 15.0 Å². The van der Waals surface area contributed by atoms with E-state index in [9.17, 15) is 0 Å². The second-order valence-electron chi connectivity index (χ2n) is 7.47. The van der Waals surface area contributed by atoms with E-state index in [1.807, 2.05) is 60.8 Å². The van der Waals surface area contributed by atoms with Crippen molar-refractivity contribution in [2.24, 2.45) is 0 Å². The Morgan fingerprint density at radius 1 is 0.853 bits per heavy atom. The van der Waals surface area contributed by atoms with Crippen molar-refractivity contribution in [3.8, 4) is 11.5 Å². The minimum Gasteiger partial charge on any atom is -0.453 e. The first-order chi connectivity index (χ1) is 16.8. The summed E-state index contributed by atoms with van der Waals surface area (Å²) in [5.41, 5.74) is 2.37. The molecule has 168 valence electrons. The number of rotatable bonds is 9. The Balaban J connectivity index is 1.34. The first-order valence-electron chi connectivity index (χ1n) is 10.9. The van der Waals surface area contributed by atoms with Crippen LogP contribution in [0.4, 0.5) is 10.9 Å². The van der Waals surface area contributed by atoms with Gasteiger partial charge in [0, 0.05) is 39.8 Å². The van der Waals surface area contributed by atoms with E-state index in [1.54, 1.807) is 35.5 Å². The van der Waals surface area contributed by atoms with Crippen molar-refractivity contribution in [2.45, 2.75) is 22.6 Å². The Labute approximate surface area is 206 Å². The van der Waals surface area contributed by atoms with Gasteiger partial charge in [-0.3, -0.25) is 4.98 Å². The van der Waals surface area contributed by atoms with E-state index in [1.165, 1.54) is 5.56 Å². The summed E-state index contributed by atoms with van der Waals surface area (Å²) in [6.07, 6.45) is 7.26. The molecule has 5 nitrogen and oxygen atoms in total. The molecule has 0 fully saturated rings. The molecule has 1 N–H and O–H groups in total. The second kappa shape index (κ2) is 11.0. The maximum absolute atomic E-state index is 6.20. The van der Waals surface area contributed by atoms with Crippen molar-refractivity contribution < 1.29 is 4.74 Å². The fourth-order valence-electron chi connectivity index (χ4n) is 3.31. The maximum atomic E-state index is 6.20. The molecule has 3 heterocycles. The normalized spacial score (nSPS) is 10.7. The van der Waals surface area contributed by atoms with Crippen molar-refractivity contribution in [1.82, 2.24) is 15.0 Å². The fraction of sp³-hybridized carbons (Fsp3) is 0.0741. The van der Waals surface area contributed by atoms with Crippen LogP contribution in [0.25, 0.3) is 0 Å². The van der Waals surface area contributed by atoms with Gasteiger partial charge in [-0.2, -0.15) is 0 Å². The molecule has 0 aliphatic carbocycles. The Morgan fingerprint density at radius 2 is 1.62 bits per heavy atom. The highest BCUT2D eigenvalue weighted by molar-refractivity contribution is 7.99. The summed E-state index contributed by atoms with van der Waals surface area (Å²) >= 11 is 3.18. The largest absolute Gasteiger partial charge is 0.453 e. The SMILES string of the molecule is c1ccc(CCc2csc(Nc3ncc(Sc4ccncc4)cc3Oc3ccccc3)n2)cc1. The number of nitrogens with zero attached hydrogens (tertiary/aromatic N) is 3. The number of aromatic nitrogens is 3. The number of pyridine rings is 2. The Hall–Kier alpha value is -3.68. The number of nitrogens with one attached hydrogen (secondary N) is 1. The lowest BCUT2D eigenvalue weighted by Crippen LogP contribution is -1.98. The van der Waals surface area contributed by atoms with E-state index < -0.39 is 0 Å². The van der Waals surface area contributed by atoms with Crippen LogP contribution in [0, 0.1) is 0 Å². The molecular formula is C27H22N4OS2. The Bertz CT molecular complexity index is 1330. The molecule has 0 saturated heterocycles. The van der Waals surface area contributed by atoms with E-state index in [2.05, 4.69) is 44.9 Å². The first kappa shape index (κ1) is 22.1. The first-order valence-corrected chi connectivity index (χ1v) is 12.6. The van der Waals surface area contributed by atoms with Gasteiger partial charge in [-0.25, -0.2) is 9.97 Å². The highest BCUT2D eigenvalue weighted by Gasteiger charge is 2.12. The molecule has 0 aliphatic heterocycles. The molecule has 0 saturated carbocycles. The van der Waals surface area contributed by atoms with Crippen LogP contribution in [0.2, 0.25) is 0 Å². The molecule has 7 heteroatoms. The van der Waals surface area contributed by atoms with Crippen molar-refractivity contribution >= 4 is 34.0 Å².